The van der Waals surface area contributed by atoms with Crippen LogP contribution in [-0.4, -0.2) is 51.6 Å². The fourth-order valence-corrected chi connectivity index (χ4v) is 2.87. The number of hydrogen-bond donors (Lipinski definition) is 1. The largest absolute Gasteiger partial charge is 0.424 e. The van der Waals surface area contributed by atoms with Crippen molar-refractivity contribution in [3.8, 4) is 0 Å². The molecular formula is C15H22N2O6S. The summed E-state index contributed by atoms with van der Waals surface area (Å²) in [6.07, 6.45) is 2.53. The smallest absolute Gasteiger partial charge is 0.349 e. The maximum atomic E-state index is 12.2. The molecular weight excluding hydrogens is 336 g/mol. The van der Waals surface area contributed by atoms with Gasteiger partial charge in [0.15, 0.2) is 0 Å². The zero-order chi connectivity index (χ0) is 17.9. The number of ether oxygens (including phenoxy) is 1. The van der Waals surface area contributed by atoms with Gasteiger partial charge in [0.1, 0.15) is 17.4 Å². The Labute approximate surface area is 140 Å². The second-order valence-electron chi connectivity index (χ2n) is 5.84. The Bertz CT molecular complexity index is 765. The maximum absolute atomic E-state index is 12.2. The lowest BCUT2D eigenvalue weighted by Crippen LogP contribution is -2.37. The van der Waals surface area contributed by atoms with E-state index in [0.29, 0.717) is 17.9 Å². The first-order valence-electron chi connectivity index (χ1n) is 7.66. The van der Waals surface area contributed by atoms with Gasteiger partial charge in [0, 0.05) is 26.7 Å². The second kappa shape index (κ2) is 7.45. The van der Waals surface area contributed by atoms with Crippen molar-refractivity contribution in [3.05, 3.63) is 33.4 Å². The van der Waals surface area contributed by atoms with E-state index in [0.717, 1.165) is 23.4 Å². The first-order chi connectivity index (χ1) is 11.2. The minimum atomic E-state index is -3.31. The minimum Gasteiger partial charge on any atom is -0.424 e. The summed E-state index contributed by atoms with van der Waals surface area (Å²) in [5.74, 6) is -0.148. The summed E-state index contributed by atoms with van der Waals surface area (Å²) in [4.78, 5) is 24.3. The molecule has 1 aromatic rings. The highest BCUT2D eigenvalue weighted by molar-refractivity contribution is 7.88. The predicted molar refractivity (Wildman–Crippen MR) is 87.4 cm³/mol. The molecule has 2 rings (SSSR count). The second-order valence-corrected chi connectivity index (χ2v) is 7.93. The van der Waals surface area contributed by atoms with Crippen molar-refractivity contribution < 1.29 is 22.4 Å². The van der Waals surface area contributed by atoms with Crippen LogP contribution in [0.4, 0.5) is 0 Å². The molecule has 0 spiro atoms. The van der Waals surface area contributed by atoms with Gasteiger partial charge in [-0.15, -0.1) is 0 Å². The van der Waals surface area contributed by atoms with Gasteiger partial charge in [0.25, 0.3) is 5.91 Å². The van der Waals surface area contributed by atoms with Gasteiger partial charge < -0.3 is 14.5 Å². The van der Waals surface area contributed by atoms with E-state index >= 15 is 0 Å². The Hall–Kier alpha value is -1.71. The van der Waals surface area contributed by atoms with Gasteiger partial charge in [0.2, 0.25) is 10.0 Å². The zero-order valence-electron chi connectivity index (χ0n) is 14.0. The standard InChI is InChI=1S/C15H22N2O6S/c1-10-9-12(11-5-4-8-22-11)23-15(19)13(10)14(18)16-6-7-17(2)24(3,20)21/h9,11H,4-8H2,1-3H3,(H,16,18). The minimum absolute atomic E-state index is 0.0706. The lowest BCUT2D eigenvalue weighted by molar-refractivity contribution is 0.0883. The highest BCUT2D eigenvalue weighted by atomic mass is 32.2. The normalized spacial score (nSPS) is 18.1. The molecule has 1 N–H and O–H groups in total. The van der Waals surface area contributed by atoms with E-state index in [1.54, 1.807) is 13.0 Å². The van der Waals surface area contributed by atoms with Crippen LogP contribution in [0.5, 0.6) is 0 Å². The number of hydrogen-bond acceptors (Lipinski definition) is 6. The summed E-state index contributed by atoms with van der Waals surface area (Å²) in [6.45, 7) is 2.49. The third kappa shape index (κ3) is 4.43. The number of rotatable bonds is 6. The van der Waals surface area contributed by atoms with Gasteiger partial charge in [-0.25, -0.2) is 17.5 Å². The van der Waals surface area contributed by atoms with Crippen molar-refractivity contribution in [1.29, 1.82) is 0 Å². The number of sulfonamides is 1. The zero-order valence-corrected chi connectivity index (χ0v) is 14.8. The molecule has 1 saturated heterocycles. The Morgan fingerprint density at radius 2 is 2.17 bits per heavy atom. The van der Waals surface area contributed by atoms with Gasteiger partial charge in [-0.3, -0.25) is 4.79 Å². The average molecular weight is 358 g/mol. The number of nitrogens with zero attached hydrogens (tertiary/aromatic N) is 1. The van der Waals surface area contributed by atoms with E-state index in [1.807, 2.05) is 0 Å². The predicted octanol–water partition coefficient (Wildman–Crippen LogP) is 0.421. The van der Waals surface area contributed by atoms with E-state index in [2.05, 4.69) is 5.32 Å². The summed E-state index contributed by atoms with van der Waals surface area (Å²) in [6, 6.07) is 1.65. The highest BCUT2D eigenvalue weighted by Crippen LogP contribution is 2.28. The van der Waals surface area contributed by atoms with E-state index in [1.165, 1.54) is 7.05 Å². The van der Waals surface area contributed by atoms with Crippen molar-refractivity contribution in [2.75, 3.05) is 33.0 Å². The molecule has 1 amide bonds. The molecule has 1 atom stereocenters. The first kappa shape index (κ1) is 18.6. The fourth-order valence-electron chi connectivity index (χ4n) is 2.45. The molecule has 0 radical (unpaired) electrons. The summed E-state index contributed by atoms with van der Waals surface area (Å²) >= 11 is 0. The van der Waals surface area contributed by atoms with Crippen LogP contribution in [0.25, 0.3) is 0 Å². The number of nitrogens with one attached hydrogen (secondary N) is 1. The summed E-state index contributed by atoms with van der Waals surface area (Å²) in [5.41, 5.74) is -0.279. The summed E-state index contributed by atoms with van der Waals surface area (Å²) in [5, 5.41) is 2.54. The lowest BCUT2D eigenvalue weighted by atomic mass is 10.1. The number of amides is 1. The summed E-state index contributed by atoms with van der Waals surface area (Å²) < 4.78 is 34.4. The first-order valence-corrected chi connectivity index (χ1v) is 9.50. The Kier molecular flexibility index (Phi) is 5.79. The van der Waals surface area contributed by atoms with Gasteiger partial charge in [-0.2, -0.15) is 0 Å². The fraction of sp³-hybridized carbons (Fsp3) is 0.600. The molecule has 1 aliphatic rings. The van der Waals surface area contributed by atoms with Crippen LogP contribution in [0.3, 0.4) is 0 Å². The van der Waals surface area contributed by atoms with Crippen molar-refractivity contribution in [3.63, 3.8) is 0 Å². The number of likely N-dealkylation sites (N-methyl/N-ethyl adjacent to an activating group) is 1. The SMILES string of the molecule is Cc1cc(C2CCCO2)oc(=O)c1C(=O)NCCN(C)S(C)(=O)=O. The van der Waals surface area contributed by atoms with Crippen LogP contribution in [-0.2, 0) is 14.8 Å². The van der Waals surface area contributed by atoms with Crippen molar-refractivity contribution in [1.82, 2.24) is 9.62 Å². The molecule has 1 aromatic heterocycles. The number of carbonyl (C=O) groups is 1. The molecule has 8 nitrogen and oxygen atoms in total. The van der Waals surface area contributed by atoms with Crippen molar-refractivity contribution in [2.45, 2.75) is 25.9 Å². The molecule has 0 aliphatic carbocycles. The Morgan fingerprint density at radius 3 is 2.71 bits per heavy atom. The molecule has 2 heterocycles. The molecule has 134 valence electrons. The maximum Gasteiger partial charge on any atom is 0.349 e. The molecule has 0 aromatic carbocycles. The molecule has 24 heavy (non-hydrogen) atoms. The number of carbonyl (C=O) groups excluding carboxylic acids is 1. The van der Waals surface area contributed by atoms with Crippen LogP contribution in [0, 0.1) is 6.92 Å². The van der Waals surface area contributed by atoms with E-state index < -0.39 is 21.6 Å². The third-order valence-corrected chi connectivity index (χ3v) is 5.24. The van der Waals surface area contributed by atoms with Gasteiger partial charge in [0.05, 0.1) is 6.26 Å². The lowest BCUT2D eigenvalue weighted by Gasteiger charge is -2.15. The van der Waals surface area contributed by atoms with Crippen molar-refractivity contribution in [2.24, 2.45) is 0 Å². The van der Waals surface area contributed by atoms with Crippen LogP contribution in [0.15, 0.2) is 15.3 Å². The number of aryl methyl sites for hydroxylation is 1. The van der Waals surface area contributed by atoms with Gasteiger partial charge >= 0.3 is 5.63 Å². The van der Waals surface area contributed by atoms with Crippen LogP contribution >= 0.6 is 0 Å². The molecule has 9 heteroatoms. The molecule has 0 saturated carbocycles. The molecule has 1 unspecified atom stereocenters. The molecule has 0 bridgehead atoms. The topological polar surface area (TPSA) is 106 Å². The third-order valence-electron chi connectivity index (χ3n) is 3.92. The molecule has 1 aliphatic heterocycles. The monoisotopic (exact) mass is 358 g/mol. The van der Waals surface area contributed by atoms with E-state index in [9.17, 15) is 18.0 Å². The van der Waals surface area contributed by atoms with Crippen LogP contribution in [0.1, 0.15) is 40.6 Å². The van der Waals surface area contributed by atoms with Crippen molar-refractivity contribution >= 4 is 15.9 Å². The summed E-state index contributed by atoms with van der Waals surface area (Å²) in [7, 11) is -1.89. The Morgan fingerprint density at radius 1 is 1.46 bits per heavy atom. The average Bonchev–Trinajstić information content (AvgIpc) is 2.99. The van der Waals surface area contributed by atoms with Crippen LogP contribution < -0.4 is 10.9 Å². The van der Waals surface area contributed by atoms with E-state index in [-0.39, 0.29) is 24.8 Å². The van der Waals surface area contributed by atoms with Crippen LogP contribution in [0.2, 0.25) is 0 Å². The highest BCUT2D eigenvalue weighted by Gasteiger charge is 2.24. The quantitative estimate of drug-likeness (QED) is 0.790. The van der Waals surface area contributed by atoms with E-state index in [4.69, 9.17) is 9.15 Å². The molecule has 1 fully saturated rings. The Balaban J connectivity index is 2.05. The van der Waals surface area contributed by atoms with Gasteiger partial charge in [-0.05, 0) is 31.4 Å². The van der Waals surface area contributed by atoms with Gasteiger partial charge in [-0.1, -0.05) is 0 Å².